The maximum atomic E-state index is 7.61. The zero-order chi connectivity index (χ0) is 13.9. The molecule has 3 nitrogen and oxygen atoms in total. The number of amidine groups is 1. The summed E-state index contributed by atoms with van der Waals surface area (Å²) in [6.45, 7) is 9.77. The molecule has 1 unspecified atom stereocenters. The van der Waals surface area contributed by atoms with Crippen molar-refractivity contribution in [3.63, 3.8) is 0 Å². The molecule has 3 N–H and O–H groups in total. The topological polar surface area (TPSA) is 53.1 Å². The minimum Gasteiger partial charge on any atom is -0.384 e. The van der Waals surface area contributed by atoms with Gasteiger partial charge in [0.1, 0.15) is 5.84 Å². The van der Waals surface area contributed by atoms with Gasteiger partial charge in [-0.1, -0.05) is 45.0 Å². The number of nitrogens with one attached hydrogen (secondary N) is 1. The van der Waals surface area contributed by atoms with Gasteiger partial charge < -0.3 is 5.73 Å². The maximum absolute atomic E-state index is 7.61. The minimum atomic E-state index is 0.141. The van der Waals surface area contributed by atoms with Crippen molar-refractivity contribution in [3.05, 3.63) is 35.4 Å². The first kappa shape index (κ1) is 14.7. The fourth-order valence-electron chi connectivity index (χ4n) is 1.99. The third-order valence-electron chi connectivity index (χ3n) is 3.64. The van der Waals surface area contributed by atoms with Crippen molar-refractivity contribution in [2.24, 2.45) is 11.1 Å². The molecule has 3 heteroatoms. The number of hydrogen-bond donors (Lipinski definition) is 2. The van der Waals surface area contributed by atoms with Crippen LogP contribution in [0.2, 0.25) is 0 Å². The third kappa shape index (κ3) is 3.57. The summed E-state index contributed by atoms with van der Waals surface area (Å²) in [5.41, 5.74) is 7.81. The Morgan fingerprint density at radius 3 is 2.39 bits per heavy atom. The zero-order valence-corrected chi connectivity index (χ0v) is 12.1. The van der Waals surface area contributed by atoms with E-state index in [0.29, 0.717) is 6.04 Å². The zero-order valence-electron chi connectivity index (χ0n) is 12.1. The molecule has 0 saturated carbocycles. The quantitative estimate of drug-likeness (QED) is 0.635. The van der Waals surface area contributed by atoms with Gasteiger partial charge in [-0.05, 0) is 24.9 Å². The fourth-order valence-corrected chi connectivity index (χ4v) is 1.99. The van der Waals surface area contributed by atoms with Gasteiger partial charge in [-0.2, -0.15) is 0 Å². The van der Waals surface area contributed by atoms with Gasteiger partial charge in [0.25, 0.3) is 0 Å². The lowest BCUT2D eigenvalue weighted by molar-refractivity contribution is 0.134. The van der Waals surface area contributed by atoms with Crippen LogP contribution < -0.4 is 5.73 Å². The first-order valence-corrected chi connectivity index (χ1v) is 6.36. The number of benzene rings is 1. The van der Waals surface area contributed by atoms with Gasteiger partial charge in [0, 0.05) is 18.2 Å². The molecule has 1 atom stereocenters. The molecular weight excluding hydrogens is 222 g/mol. The summed E-state index contributed by atoms with van der Waals surface area (Å²) in [5.74, 6) is 0.141. The van der Waals surface area contributed by atoms with Crippen molar-refractivity contribution in [2.75, 3.05) is 7.05 Å². The summed E-state index contributed by atoms with van der Waals surface area (Å²) < 4.78 is 0. The molecule has 0 aromatic heterocycles. The van der Waals surface area contributed by atoms with Crippen LogP contribution in [0.15, 0.2) is 24.3 Å². The van der Waals surface area contributed by atoms with E-state index in [4.69, 9.17) is 11.1 Å². The van der Waals surface area contributed by atoms with Gasteiger partial charge in [-0.15, -0.1) is 0 Å². The average Bonchev–Trinajstić information content (AvgIpc) is 2.27. The van der Waals surface area contributed by atoms with Gasteiger partial charge in [0.15, 0.2) is 0 Å². The highest BCUT2D eigenvalue weighted by Gasteiger charge is 2.24. The number of nitrogen functional groups attached to an aromatic ring is 1. The second kappa shape index (κ2) is 5.53. The highest BCUT2D eigenvalue weighted by atomic mass is 15.1. The summed E-state index contributed by atoms with van der Waals surface area (Å²) in [6, 6.07) is 8.33. The van der Waals surface area contributed by atoms with Crippen molar-refractivity contribution in [1.82, 2.24) is 4.90 Å². The third-order valence-corrected chi connectivity index (χ3v) is 3.64. The largest absolute Gasteiger partial charge is 0.384 e. The molecule has 0 amide bonds. The van der Waals surface area contributed by atoms with Crippen molar-refractivity contribution in [2.45, 2.75) is 40.3 Å². The molecule has 1 aromatic carbocycles. The second-order valence-electron chi connectivity index (χ2n) is 6.03. The van der Waals surface area contributed by atoms with Crippen LogP contribution in [-0.2, 0) is 6.54 Å². The lowest BCUT2D eigenvalue weighted by atomic mass is 9.87. The minimum absolute atomic E-state index is 0.141. The van der Waals surface area contributed by atoms with Crippen molar-refractivity contribution in [1.29, 1.82) is 5.41 Å². The maximum Gasteiger partial charge on any atom is 0.123 e. The van der Waals surface area contributed by atoms with E-state index in [0.717, 1.165) is 17.7 Å². The van der Waals surface area contributed by atoms with E-state index in [1.54, 1.807) is 0 Å². The Labute approximate surface area is 111 Å². The summed E-state index contributed by atoms with van der Waals surface area (Å²) in [5, 5.41) is 7.61. The van der Waals surface area contributed by atoms with Crippen molar-refractivity contribution in [3.8, 4) is 0 Å². The average molecular weight is 247 g/mol. The Morgan fingerprint density at radius 2 is 1.89 bits per heavy atom. The summed E-state index contributed by atoms with van der Waals surface area (Å²) in [7, 11) is 2.12. The molecule has 0 aliphatic carbocycles. The SMILES string of the molecule is CC(N(C)Cc1ccccc1C(=N)N)C(C)(C)C. The van der Waals surface area contributed by atoms with E-state index in [1.165, 1.54) is 0 Å². The van der Waals surface area contributed by atoms with Crippen LogP contribution in [0.25, 0.3) is 0 Å². The molecular formula is C15H25N3. The van der Waals surface area contributed by atoms with Crippen LogP contribution in [0.1, 0.15) is 38.8 Å². The summed E-state index contributed by atoms with van der Waals surface area (Å²) >= 11 is 0. The van der Waals surface area contributed by atoms with Gasteiger partial charge in [0.2, 0.25) is 0 Å². The van der Waals surface area contributed by atoms with E-state index in [-0.39, 0.29) is 11.3 Å². The van der Waals surface area contributed by atoms with E-state index < -0.39 is 0 Å². The Morgan fingerprint density at radius 1 is 1.33 bits per heavy atom. The number of hydrogen-bond acceptors (Lipinski definition) is 2. The van der Waals surface area contributed by atoms with Crippen molar-refractivity contribution < 1.29 is 0 Å². The normalized spacial score (nSPS) is 13.7. The van der Waals surface area contributed by atoms with Crippen LogP contribution in [-0.4, -0.2) is 23.8 Å². The summed E-state index contributed by atoms with van der Waals surface area (Å²) in [4.78, 5) is 2.31. The molecule has 0 aliphatic heterocycles. The molecule has 18 heavy (non-hydrogen) atoms. The number of rotatable bonds is 4. The first-order chi connectivity index (χ1) is 8.23. The van der Waals surface area contributed by atoms with Crippen LogP contribution in [0, 0.1) is 10.8 Å². The molecule has 0 saturated heterocycles. The predicted molar refractivity (Wildman–Crippen MR) is 77.8 cm³/mol. The van der Waals surface area contributed by atoms with E-state index in [1.807, 2.05) is 24.3 Å². The predicted octanol–water partition coefficient (Wildman–Crippen LogP) is 2.84. The monoisotopic (exact) mass is 247 g/mol. The molecule has 0 fully saturated rings. The molecule has 0 aliphatic rings. The first-order valence-electron chi connectivity index (χ1n) is 6.36. The Balaban J connectivity index is 2.88. The Kier molecular flexibility index (Phi) is 4.52. The van der Waals surface area contributed by atoms with Crippen LogP contribution in [0.3, 0.4) is 0 Å². The lowest BCUT2D eigenvalue weighted by Crippen LogP contribution is -2.39. The van der Waals surface area contributed by atoms with Gasteiger partial charge in [0.05, 0.1) is 0 Å². The van der Waals surface area contributed by atoms with Crippen LogP contribution >= 0.6 is 0 Å². The molecule has 0 bridgehead atoms. The molecule has 0 spiro atoms. The highest BCUT2D eigenvalue weighted by molar-refractivity contribution is 5.96. The Hall–Kier alpha value is -1.35. The highest BCUT2D eigenvalue weighted by Crippen LogP contribution is 2.24. The molecule has 1 aromatic rings. The standard InChI is InChI=1S/C15H25N3/c1-11(15(2,3)4)18(5)10-12-8-6-7-9-13(12)14(16)17/h6-9,11H,10H2,1-5H3,(H3,16,17). The van der Waals surface area contributed by atoms with Crippen LogP contribution in [0.5, 0.6) is 0 Å². The van der Waals surface area contributed by atoms with Crippen LogP contribution in [0.4, 0.5) is 0 Å². The fraction of sp³-hybridized carbons (Fsp3) is 0.533. The molecule has 100 valence electrons. The molecule has 0 radical (unpaired) electrons. The smallest absolute Gasteiger partial charge is 0.123 e. The van der Waals surface area contributed by atoms with E-state index >= 15 is 0 Å². The van der Waals surface area contributed by atoms with Gasteiger partial charge in [-0.3, -0.25) is 10.3 Å². The van der Waals surface area contributed by atoms with Gasteiger partial charge in [-0.25, -0.2) is 0 Å². The second-order valence-corrected chi connectivity index (χ2v) is 6.03. The van der Waals surface area contributed by atoms with E-state index in [9.17, 15) is 0 Å². The van der Waals surface area contributed by atoms with Gasteiger partial charge >= 0.3 is 0 Å². The Bertz CT molecular complexity index is 418. The van der Waals surface area contributed by atoms with E-state index in [2.05, 4.69) is 39.6 Å². The summed E-state index contributed by atoms with van der Waals surface area (Å²) in [6.07, 6.45) is 0. The molecule has 0 heterocycles. The van der Waals surface area contributed by atoms with Crippen molar-refractivity contribution >= 4 is 5.84 Å². The molecule has 1 rings (SSSR count). The number of nitrogens with two attached hydrogens (primary N) is 1. The number of nitrogens with zero attached hydrogens (tertiary/aromatic N) is 1. The lowest BCUT2D eigenvalue weighted by Gasteiger charge is -2.35.